The Labute approximate surface area is 131 Å². The van der Waals surface area contributed by atoms with Gasteiger partial charge in [-0.2, -0.15) is 0 Å². The molecule has 0 N–H and O–H groups in total. The third-order valence-corrected chi connectivity index (χ3v) is 3.84. The lowest BCUT2D eigenvalue weighted by molar-refractivity contribution is -0.385. The van der Waals surface area contributed by atoms with Gasteiger partial charge >= 0.3 is 0 Å². The maximum Gasteiger partial charge on any atom is 0.273 e. The Morgan fingerprint density at radius 1 is 1.29 bits per heavy atom. The fraction of sp³-hybridized carbons (Fsp3) is 0.200. The predicted molar refractivity (Wildman–Crippen MR) is 86.8 cm³/mol. The van der Waals surface area contributed by atoms with E-state index in [1.165, 1.54) is 6.07 Å². The maximum absolute atomic E-state index is 11.0. The first-order valence-corrected chi connectivity index (χ1v) is 7.40. The topological polar surface area (TPSA) is 55.6 Å². The second kappa shape index (κ2) is 6.58. The van der Waals surface area contributed by atoms with E-state index < -0.39 is 0 Å². The Balaban J connectivity index is 2.44. The number of alkyl halides is 1. The summed E-state index contributed by atoms with van der Waals surface area (Å²) < 4.78 is 5.35. The predicted octanol–water partition coefficient (Wildman–Crippen LogP) is 4.27. The van der Waals surface area contributed by atoms with Crippen molar-refractivity contribution in [1.29, 1.82) is 0 Å². The molecule has 0 aliphatic heterocycles. The average molecular weight is 351 g/mol. The maximum atomic E-state index is 11.0. The molecule has 21 heavy (non-hydrogen) atoms. The first kappa shape index (κ1) is 15.3. The van der Waals surface area contributed by atoms with Crippen LogP contribution in [-0.2, 0) is 5.33 Å². The Kier molecular flexibility index (Phi) is 4.80. The van der Waals surface area contributed by atoms with Crippen LogP contribution in [0.2, 0.25) is 0 Å². The van der Waals surface area contributed by atoms with Crippen LogP contribution in [0.3, 0.4) is 0 Å². The number of para-hydroxylation sites is 2. The number of nitro benzene ring substituents is 1. The summed E-state index contributed by atoms with van der Waals surface area (Å²) in [7, 11) is 3.52. The molecule has 110 valence electrons. The van der Waals surface area contributed by atoms with Gasteiger partial charge in [-0.05, 0) is 24.3 Å². The standard InChI is InChI=1S/C15H15BrN2O3/c1-17(14-5-3-4-6-15(14)21-2)12-7-8-13(18(19)20)11(9-12)10-16/h3-9H,10H2,1-2H3. The molecule has 0 saturated heterocycles. The molecule has 0 heterocycles. The zero-order valence-corrected chi connectivity index (χ0v) is 13.3. The first-order chi connectivity index (χ1) is 10.1. The van der Waals surface area contributed by atoms with Crippen molar-refractivity contribution in [2.24, 2.45) is 0 Å². The summed E-state index contributed by atoms with van der Waals surface area (Å²) in [4.78, 5) is 12.6. The van der Waals surface area contributed by atoms with Gasteiger partial charge in [0, 0.05) is 29.7 Å². The highest BCUT2D eigenvalue weighted by atomic mass is 79.9. The second-order valence-electron chi connectivity index (χ2n) is 4.43. The number of hydrogen-bond acceptors (Lipinski definition) is 4. The number of nitro groups is 1. The van der Waals surface area contributed by atoms with Crippen LogP contribution in [0, 0.1) is 10.1 Å². The minimum atomic E-state index is -0.372. The summed E-state index contributed by atoms with van der Waals surface area (Å²) in [6.07, 6.45) is 0. The average Bonchev–Trinajstić information content (AvgIpc) is 2.53. The van der Waals surface area contributed by atoms with Gasteiger partial charge in [0.05, 0.1) is 17.7 Å². The minimum absolute atomic E-state index is 0.115. The monoisotopic (exact) mass is 350 g/mol. The van der Waals surface area contributed by atoms with Crippen molar-refractivity contribution in [1.82, 2.24) is 0 Å². The molecule has 0 radical (unpaired) electrons. The normalized spacial score (nSPS) is 10.2. The highest BCUT2D eigenvalue weighted by Crippen LogP contribution is 2.34. The molecule has 0 fully saturated rings. The molecule has 2 rings (SSSR count). The van der Waals surface area contributed by atoms with Crippen molar-refractivity contribution >= 4 is 33.0 Å². The Hall–Kier alpha value is -2.08. The van der Waals surface area contributed by atoms with Gasteiger partial charge in [-0.15, -0.1) is 0 Å². The molecule has 0 aliphatic carbocycles. The number of halogens is 1. The van der Waals surface area contributed by atoms with Gasteiger partial charge in [0.1, 0.15) is 5.75 Å². The minimum Gasteiger partial charge on any atom is -0.495 e. The third-order valence-electron chi connectivity index (χ3n) is 3.24. The molecule has 0 amide bonds. The van der Waals surface area contributed by atoms with Crippen LogP contribution < -0.4 is 9.64 Å². The van der Waals surface area contributed by atoms with E-state index in [0.29, 0.717) is 10.9 Å². The summed E-state index contributed by atoms with van der Waals surface area (Å²) in [5.41, 5.74) is 2.51. The van der Waals surface area contributed by atoms with Gasteiger partial charge in [-0.25, -0.2) is 0 Å². The lowest BCUT2D eigenvalue weighted by atomic mass is 10.1. The van der Waals surface area contributed by atoms with Crippen molar-refractivity contribution in [2.75, 3.05) is 19.1 Å². The summed E-state index contributed by atoms with van der Waals surface area (Å²) >= 11 is 3.30. The second-order valence-corrected chi connectivity index (χ2v) is 5.00. The van der Waals surface area contributed by atoms with Crippen LogP contribution >= 0.6 is 15.9 Å². The zero-order valence-electron chi connectivity index (χ0n) is 11.7. The number of hydrogen-bond donors (Lipinski definition) is 0. The number of methoxy groups -OCH3 is 1. The van der Waals surface area contributed by atoms with Crippen molar-refractivity contribution in [2.45, 2.75) is 5.33 Å². The summed E-state index contributed by atoms with van der Waals surface area (Å²) in [5.74, 6) is 0.749. The van der Waals surface area contributed by atoms with Gasteiger partial charge < -0.3 is 9.64 Å². The van der Waals surface area contributed by atoms with Gasteiger partial charge in [0.15, 0.2) is 0 Å². The highest BCUT2D eigenvalue weighted by molar-refractivity contribution is 9.08. The molecule has 0 spiro atoms. The van der Waals surface area contributed by atoms with E-state index >= 15 is 0 Å². The zero-order chi connectivity index (χ0) is 15.4. The molecule has 0 aliphatic rings. The SMILES string of the molecule is COc1ccccc1N(C)c1ccc([N+](=O)[O-])c(CBr)c1. The molecular weight excluding hydrogens is 336 g/mol. The molecule has 5 nitrogen and oxygen atoms in total. The van der Waals surface area contributed by atoms with Crippen LogP contribution in [0.5, 0.6) is 5.75 Å². The van der Waals surface area contributed by atoms with Gasteiger partial charge in [-0.1, -0.05) is 28.1 Å². The molecule has 6 heteroatoms. The van der Waals surface area contributed by atoms with Crippen LogP contribution in [0.4, 0.5) is 17.1 Å². The van der Waals surface area contributed by atoms with E-state index in [1.807, 2.05) is 36.2 Å². The van der Waals surface area contributed by atoms with E-state index in [2.05, 4.69) is 15.9 Å². The van der Waals surface area contributed by atoms with Gasteiger partial charge in [0.2, 0.25) is 0 Å². The van der Waals surface area contributed by atoms with Crippen molar-refractivity contribution < 1.29 is 9.66 Å². The molecule has 0 bridgehead atoms. The fourth-order valence-corrected chi connectivity index (χ4v) is 2.56. The Morgan fingerprint density at radius 3 is 2.62 bits per heavy atom. The molecule has 2 aromatic rings. The summed E-state index contributed by atoms with van der Waals surface area (Å²) in [6, 6.07) is 12.7. The number of benzene rings is 2. The molecular formula is C15H15BrN2O3. The van der Waals surface area contributed by atoms with Crippen molar-refractivity contribution in [3.63, 3.8) is 0 Å². The molecule has 0 saturated carbocycles. The van der Waals surface area contributed by atoms with Gasteiger partial charge in [-0.3, -0.25) is 10.1 Å². The highest BCUT2D eigenvalue weighted by Gasteiger charge is 2.16. The first-order valence-electron chi connectivity index (χ1n) is 6.28. The number of rotatable bonds is 5. The summed E-state index contributed by atoms with van der Waals surface area (Å²) in [6.45, 7) is 0. The quantitative estimate of drug-likeness (QED) is 0.459. The molecule has 0 aromatic heterocycles. The van der Waals surface area contributed by atoms with Crippen LogP contribution in [0.15, 0.2) is 42.5 Å². The van der Waals surface area contributed by atoms with E-state index in [0.717, 1.165) is 17.1 Å². The Morgan fingerprint density at radius 2 is 2.00 bits per heavy atom. The van der Waals surface area contributed by atoms with Crippen LogP contribution in [0.25, 0.3) is 0 Å². The summed E-state index contributed by atoms with van der Waals surface area (Å²) in [5, 5.41) is 11.4. The molecule has 0 atom stereocenters. The lowest BCUT2D eigenvalue weighted by Gasteiger charge is -2.22. The Bertz CT molecular complexity index is 661. The van der Waals surface area contributed by atoms with E-state index in [-0.39, 0.29) is 10.6 Å². The lowest BCUT2D eigenvalue weighted by Crippen LogP contribution is -2.11. The fourth-order valence-electron chi connectivity index (χ4n) is 2.11. The smallest absolute Gasteiger partial charge is 0.273 e. The van der Waals surface area contributed by atoms with Crippen molar-refractivity contribution in [3.8, 4) is 5.75 Å². The third kappa shape index (κ3) is 3.16. The van der Waals surface area contributed by atoms with Crippen LogP contribution in [-0.4, -0.2) is 19.1 Å². The number of nitrogens with zero attached hydrogens (tertiary/aromatic N) is 2. The largest absolute Gasteiger partial charge is 0.495 e. The molecule has 2 aromatic carbocycles. The van der Waals surface area contributed by atoms with Crippen LogP contribution in [0.1, 0.15) is 5.56 Å². The van der Waals surface area contributed by atoms with E-state index in [1.54, 1.807) is 19.2 Å². The van der Waals surface area contributed by atoms with E-state index in [9.17, 15) is 10.1 Å². The number of ether oxygens (including phenoxy) is 1. The van der Waals surface area contributed by atoms with Crippen molar-refractivity contribution in [3.05, 3.63) is 58.1 Å². The molecule has 0 unspecified atom stereocenters. The number of anilines is 2. The van der Waals surface area contributed by atoms with E-state index in [4.69, 9.17) is 4.74 Å². The van der Waals surface area contributed by atoms with Gasteiger partial charge in [0.25, 0.3) is 5.69 Å².